The van der Waals surface area contributed by atoms with Crippen molar-refractivity contribution >= 4 is 17.8 Å². The predicted molar refractivity (Wildman–Crippen MR) is 73.5 cm³/mol. The lowest BCUT2D eigenvalue weighted by atomic mass is 9.96. The number of nitrogens with zero attached hydrogens (tertiary/aromatic N) is 3. The number of carbonyl (C=O) groups is 3. The molecule has 1 aliphatic rings. The Morgan fingerprint density at radius 1 is 1.32 bits per heavy atom. The fourth-order valence-corrected chi connectivity index (χ4v) is 1.92. The van der Waals surface area contributed by atoms with Gasteiger partial charge in [-0.25, -0.2) is 0 Å². The summed E-state index contributed by atoms with van der Waals surface area (Å²) < 4.78 is 10.2. The summed E-state index contributed by atoms with van der Waals surface area (Å²) in [6.45, 7) is 7.00. The highest BCUT2D eigenvalue weighted by molar-refractivity contribution is 6.04. The van der Waals surface area contributed by atoms with Gasteiger partial charge in [-0.05, 0) is 6.92 Å². The van der Waals surface area contributed by atoms with Crippen molar-refractivity contribution in [2.75, 3.05) is 6.54 Å². The molecule has 2 rings (SSSR count). The third kappa shape index (κ3) is 3.49. The van der Waals surface area contributed by atoms with Gasteiger partial charge in [-0.3, -0.25) is 19.3 Å². The zero-order valence-electron chi connectivity index (χ0n) is 13.1. The normalized spacial score (nSPS) is 17.0. The molecule has 2 heterocycles. The SMILES string of the molecule is CC(OC(=O)CN1C(=O)CCC1=O)c1nc(C(C)(C)C)no1. The average molecular weight is 309 g/mol. The van der Waals surface area contributed by atoms with Crippen molar-refractivity contribution in [3.8, 4) is 0 Å². The van der Waals surface area contributed by atoms with E-state index in [0.29, 0.717) is 5.82 Å². The number of hydrogen-bond donors (Lipinski definition) is 0. The van der Waals surface area contributed by atoms with Crippen molar-refractivity contribution < 1.29 is 23.6 Å². The highest BCUT2D eigenvalue weighted by Crippen LogP contribution is 2.22. The van der Waals surface area contributed by atoms with E-state index in [-0.39, 0.29) is 42.5 Å². The summed E-state index contributed by atoms with van der Waals surface area (Å²) in [6, 6.07) is 0. The number of imide groups is 1. The topological polar surface area (TPSA) is 103 Å². The summed E-state index contributed by atoms with van der Waals surface area (Å²) in [5, 5.41) is 3.85. The second kappa shape index (κ2) is 5.86. The summed E-state index contributed by atoms with van der Waals surface area (Å²) in [6.07, 6.45) is -0.468. The maximum Gasteiger partial charge on any atom is 0.326 e. The number of likely N-dealkylation sites (tertiary alicyclic amines) is 1. The Bertz CT molecular complexity index is 586. The Morgan fingerprint density at radius 2 is 1.91 bits per heavy atom. The Kier molecular flexibility index (Phi) is 4.30. The molecule has 0 spiro atoms. The minimum atomic E-state index is -0.746. The van der Waals surface area contributed by atoms with Gasteiger partial charge in [0.15, 0.2) is 11.9 Å². The average Bonchev–Trinajstić information content (AvgIpc) is 3.00. The zero-order chi connectivity index (χ0) is 16.5. The molecule has 8 heteroatoms. The van der Waals surface area contributed by atoms with E-state index in [4.69, 9.17) is 9.26 Å². The van der Waals surface area contributed by atoms with Crippen LogP contribution in [0, 0.1) is 0 Å². The van der Waals surface area contributed by atoms with Crippen LogP contribution in [0.5, 0.6) is 0 Å². The van der Waals surface area contributed by atoms with Crippen LogP contribution in [-0.2, 0) is 24.5 Å². The maximum absolute atomic E-state index is 11.8. The fourth-order valence-electron chi connectivity index (χ4n) is 1.92. The molecule has 1 atom stereocenters. The molecule has 1 fully saturated rings. The highest BCUT2D eigenvalue weighted by atomic mass is 16.6. The maximum atomic E-state index is 11.8. The van der Waals surface area contributed by atoms with Gasteiger partial charge >= 0.3 is 5.97 Å². The third-order valence-corrected chi connectivity index (χ3v) is 3.21. The molecule has 22 heavy (non-hydrogen) atoms. The molecular weight excluding hydrogens is 290 g/mol. The van der Waals surface area contributed by atoms with Crippen molar-refractivity contribution in [3.63, 3.8) is 0 Å². The van der Waals surface area contributed by atoms with Crippen LogP contribution >= 0.6 is 0 Å². The zero-order valence-corrected chi connectivity index (χ0v) is 13.1. The van der Waals surface area contributed by atoms with Gasteiger partial charge < -0.3 is 9.26 Å². The quantitative estimate of drug-likeness (QED) is 0.606. The van der Waals surface area contributed by atoms with Gasteiger partial charge in [-0.1, -0.05) is 25.9 Å². The molecular formula is C14H19N3O5. The summed E-state index contributed by atoms with van der Waals surface area (Å²) in [4.78, 5) is 39.8. The molecule has 0 saturated carbocycles. The molecule has 1 aromatic rings. The van der Waals surface area contributed by atoms with Crippen LogP contribution < -0.4 is 0 Å². The molecule has 1 aromatic heterocycles. The van der Waals surface area contributed by atoms with Crippen molar-refractivity contribution in [1.29, 1.82) is 0 Å². The van der Waals surface area contributed by atoms with E-state index < -0.39 is 12.1 Å². The van der Waals surface area contributed by atoms with Crippen LogP contribution in [0.15, 0.2) is 4.52 Å². The van der Waals surface area contributed by atoms with Gasteiger partial charge in [0.05, 0.1) is 0 Å². The van der Waals surface area contributed by atoms with E-state index in [1.165, 1.54) is 0 Å². The van der Waals surface area contributed by atoms with Crippen LogP contribution in [0.25, 0.3) is 0 Å². The smallest absolute Gasteiger partial charge is 0.326 e. The van der Waals surface area contributed by atoms with Crippen LogP contribution in [0.1, 0.15) is 58.4 Å². The first-order chi connectivity index (χ1) is 10.2. The Balaban J connectivity index is 1.95. The largest absolute Gasteiger partial charge is 0.451 e. The number of rotatable bonds is 4. The first-order valence-electron chi connectivity index (χ1n) is 7.05. The molecule has 0 aliphatic carbocycles. The molecule has 1 saturated heterocycles. The minimum Gasteiger partial charge on any atom is -0.451 e. The van der Waals surface area contributed by atoms with Crippen molar-refractivity contribution in [1.82, 2.24) is 15.0 Å². The summed E-state index contributed by atoms with van der Waals surface area (Å²) >= 11 is 0. The number of amides is 2. The van der Waals surface area contributed by atoms with Crippen molar-refractivity contribution in [2.45, 2.75) is 52.1 Å². The molecule has 2 amide bonds. The monoisotopic (exact) mass is 309 g/mol. The van der Waals surface area contributed by atoms with Gasteiger partial charge in [0.1, 0.15) is 6.54 Å². The summed E-state index contributed by atoms with van der Waals surface area (Å²) in [7, 11) is 0. The van der Waals surface area contributed by atoms with Crippen molar-refractivity contribution in [3.05, 3.63) is 11.7 Å². The van der Waals surface area contributed by atoms with E-state index in [2.05, 4.69) is 10.1 Å². The van der Waals surface area contributed by atoms with Gasteiger partial charge in [0.2, 0.25) is 11.8 Å². The number of aromatic nitrogens is 2. The number of hydrogen-bond acceptors (Lipinski definition) is 7. The molecule has 0 N–H and O–H groups in total. The molecule has 0 radical (unpaired) electrons. The van der Waals surface area contributed by atoms with E-state index in [1.54, 1.807) is 6.92 Å². The van der Waals surface area contributed by atoms with Gasteiger partial charge in [0, 0.05) is 18.3 Å². The van der Waals surface area contributed by atoms with Crippen molar-refractivity contribution in [2.24, 2.45) is 0 Å². The summed E-state index contributed by atoms with van der Waals surface area (Å²) in [5.74, 6) is -0.718. The van der Waals surface area contributed by atoms with Gasteiger partial charge in [-0.2, -0.15) is 4.98 Å². The third-order valence-electron chi connectivity index (χ3n) is 3.21. The lowest BCUT2D eigenvalue weighted by Gasteiger charge is -2.15. The molecule has 8 nitrogen and oxygen atoms in total. The highest BCUT2D eigenvalue weighted by Gasteiger charge is 2.32. The lowest BCUT2D eigenvalue weighted by molar-refractivity contribution is -0.156. The van der Waals surface area contributed by atoms with Crippen LogP contribution in [-0.4, -0.2) is 39.4 Å². The molecule has 120 valence electrons. The fraction of sp³-hybridized carbons (Fsp3) is 0.643. The van der Waals surface area contributed by atoms with Gasteiger partial charge in [0.25, 0.3) is 5.89 Å². The Hall–Kier alpha value is -2.25. The minimum absolute atomic E-state index is 0.139. The first-order valence-corrected chi connectivity index (χ1v) is 7.05. The van der Waals surface area contributed by atoms with Crippen LogP contribution in [0.2, 0.25) is 0 Å². The second-order valence-electron chi connectivity index (χ2n) is 6.21. The standard InChI is InChI=1S/C14H19N3O5/c1-8(12-15-13(16-22-12)14(2,3)4)21-11(20)7-17-9(18)5-6-10(17)19/h8H,5-7H2,1-4H3. The van der Waals surface area contributed by atoms with Crippen LogP contribution in [0.3, 0.4) is 0 Å². The molecule has 0 bridgehead atoms. The first kappa shape index (κ1) is 16.1. The number of esters is 1. The summed E-state index contributed by atoms with van der Waals surface area (Å²) in [5.41, 5.74) is -0.278. The van der Waals surface area contributed by atoms with Crippen LogP contribution in [0.4, 0.5) is 0 Å². The molecule has 0 aromatic carbocycles. The van der Waals surface area contributed by atoms with E-state index in [1.807, 2.05) is 20.8 Å². The Labute approximate surface area is 127 Å². The lowest BCUT2D eigenvalue weighted by Crippen LogP contribution is -2.35. The number of carbonyl (C=O) groups excluding carboxylic acids is 3. The van der Waals surface area contributed by atoms with E-state index in [9.17, 15) is 14.4 Å². The Morgan fingerprint density at radius 3 is 2.41 bits per heavy atom. The predicted octanol–water partition coefficient (Wildman–Crippen LogP) is 1.12. The number of ether oxygens (including phenoxy) is 1. The molecule has 1 unspecified atom stereocenters. The van der Waals surface area contributed by atoms with E-state index >= 15 is 0 Å². The second-order valence-corrected chi connectivity index (χ2v) is 6.21. The molecule has 1 aliphatic heterocycles. The van der Waals surface area contributed by atoms with E-state index in [0.717, 1.165) is 4.90 Å². The van der Waals surface area contributed by atoms with Gasteiger partial charge in [-0.15, -0.1) is 0 Å².